The first-order chi connectivity index (χ1) is 16.6. The Balaban J connectivity index is 3.79. The molecule has 4 heteroatoms. The molecule has 202 valence electrons. The molecule has 0 aromatic heterocycles. The molecule has 0 saturated heterocycles. The van der Waals surface area contributed by atoms with Crippen molar-refractivity contribution in [3.05, 3.63) is 0 Å². The number of carboxylic acids is 1. The lowest BCUT2D eigenvalue weighted by Crippen LogP contribution is -2.19. The van der Waals surface area contributed by atoms with Crippen molar-refractivity contribution < 1.29 is 19.4 Å². The third-order valence-electron chi connectivity index (χ3n) is 6.84. The molecule has 0 aliphatic carbocycles. The molecule has 0 aliphatic rings. The molecule has 4 nitrogen and oxygen atoms in total. The quantitative estimate of drug-likeness (QED) is 0.0934. The van der Waals surface area contributed by atoms with Gasteiger partial charge < -0.3 is 9.84 Å². The van der Waals surface area contributed by atoms with Crippen LogP contribution in [0.4, 0.5) is 0 Å². The number of carbonyl (C=O) groups excluding carboxylic acids is 1. The summed E-state index contributed by atoms with van der Waals surface area (Å²) in [5.41, 5.74) is 0. The summed E-state index contributed by atoms with van der Waals surface area (Å²) in [6.07, 6.45) is 28.2. The van der Waals surface area contributed by atoms with Crippen LogP contribution in [0.3, 0.4) is 0 Å². The van der Waals surface area contributed by atoms with Gasteiger partial charge in [0.1, 0.15) is 6.10 Å². The molecular weight excluding hydrogens is 424 g/mol. The van der Waals surface area contributed by atoms with Crippen molar-refractivity contribution in [1.82, 2.24) is 0 Å². The molecular formula is C30H58O4. The molecule has 0 radical (unpaired) electrons. The minimum absolute atomic E-state index is 0.0776. The van der Waals surface area contributed by atoms with Crippen LogP contribution in [-0.2, 0) is 14.3 Å². The lowest BCUT2D eigenvalue weighted by Gasteiger charge is -2.17. The summed E-state index contributed by atoms with van der Waals surface area (Å²) in [5, 5.41) is 9.02. The second-order valence-electron chi connectivity index (χ2n) is 10.3. The molecule has 34 heavy (non-hydrogen) atoms. The van der Waals surface area contributed by atoms with Gasteiger partial charge in [-0.25, -0.2) is 0 Å². The first-order valence-electron chi connectivity index (χ1n) is 15.0. The van der Waals surface area contributed by atoms with Gasteiger partial charge in [-0.15, -0.1) is 0 Å². The number of esters is 1. The molecule has 0 aliphatic heterocycles. The summed E-state index contributed by atoms with van der Waals surface area (Å²) >= 11 is 0. The number of ether oxygens (including phenoxy) is 1. The second-order valence-corrected chi connectivity index (χ2v) is 10.3. The summed E-state index contributed by atoms with van der Waals surface area (Å²) in [5.74, 6) is -0.952. The van der Waals surface area contributed by atoms with E-state index in [9.17, 15) is 9.59 Å². The van der Waals surface area contributed by atoms with Gasteiger partial charge in [0.05, 0.1) is 0 Å². The normalized spacial score (nSPS) is 12.1. The number of carbonyl (C=O) groups is 2. The van der Waals surface area contributed by atoms with Crippen molar-refractivity contribution in [2.24, 2.45) is 0 Å². The average Bonchev–Trinajstić information content (AvgIpc) is 2.81. The second kappa shape index (κ2) is 26.5. The van der Waals surface area contributed by atoms with Crippen molar-refractivity contribution in [2.45, 2.75) is 180 Å². The van der Waals surface area contributed by atoms with Crippen LogP contribution in [0, 0.1) is 0 Å². The highest BCUT2D eigenvalue weighted by atomic mass is 16.5. The fourth-order valence-electron chi connectivity index (χ4n) is 4.58. The predicted molar refractivity (Wildman–Crippen MR) is 144 cm³/mol. The Bertz CT molecular complexity index is 449. The van der Waals surface area contributed by atoms with Crippen molar-refractivity contribution in [2.75, 3.05) is 0 Å². The van der Waals surface area contributed by atoms with Gasteiger partial charge in [0.15, 0.2) is 0 Å². The fourth-order valence-corrected chi connectivity index (χ4v) is 4.58. The molecule has 0 amide bonds. The van der Waals surface area contributed by atoms with Gasteiger partial charge in [0.25, 0.3) is 0 Å². The zero-order chi connectivity index (χ0) is 25.1. The smallest absolute Gasteiger partial charge is 0.306 e. The van der Waals surface area contributed by atoms with Gasteiger partial charge in [-0.1, -0.05) is 136 Å². The molecule has 0 spiro atoms. The molecule has 0 bridgehead atoms. The molecule has 0 aromatic rings. The summed E-state index contributed by atoms with van der Waals surface area (Å²) in [6.45, 7) is 4.50. The van der Waals surface area contributed by atoms with Crippen molar-refractivity contribution in [3.8, 4) is 0 Å². The van der Waals surface area contributed by atoms with E-state index in [2.05, 4.69) is 13.8 Å². The van der Waals surface area contributed by atoms with Gasteiger partial charge in [-0.2, -0.15) is 0 Å². The highest BCUT2D eigenvalue weighted by Crippen LogP contribution is 2.17. The summed E-state index contributed by atoms with van der Waals surface area (Å²) in [6, 6.07) is 0. The van der Waals surface area contributed by atoms with Crippen LogP contribution in [-0.4, -0.2) is 23.1 Å². The van der Waals surface area contributed by atoms with Gasteiger partial charge in [0, 0.05) is 12.8 Å². The van der Waals surface area contributed by atoms with Gasteiger partial charge in [-0.3, -0.25) is 9.59 Å². The zero-order valence-electron chi connectivity index (χ0n) is 22.9. The van der Waals surface area contributed by atoms with Crippen LogP contribution in [0.2, 0.25) is 0 Å². The van der Waals surface area contributed by atoms with E-state index >= 15 is 0 Å². The first kappa shape index (κ1) is 32.9. The standard InChI is InChI=1S/C30H58O4/c1-3-5-7-9-11-13-14-15-17-18-20-22-24-28(26-27-29(31)32)34-30(33)25-23-21-19-16-12-10-8-6-4-2/h28H,3-27H2,1-2H3,(H,31,32). The minimum Gasteiger partial charge on any atom is -0.481 e. The maximum absolute atomic E-state index is 12.3. The minimum atomic E-state index is -0.810. The van der Waals surface area contributed by atoms with E-state index in [1.165, 1.54) is 109 Å². The number of hydrogen-bond acceptors (Lipinski definition) is 3. The van der Waals surface area contributed by atoms with Crippen LogP contribution in [0.1, 0.15) is 174 Å². The molecule has 1 atom stereocenters. The van der Waals surface area contributed by atoms with Crippen LogP contribution >= 0.6 is 0 Å². The van der Waals surface area contributed by atoms with E-state index < -0.39 is 5.97 Å². The number of aliphatic carboxylic acids is 1. The predicted octanol–water partition coefficient (Wildman–Crippen LogP) is 9.78. The Morgan fingerprint density at radius 2 is 0.912 bits per heavy atom. The lowest BCUT2D eigenvalue weighted by atomic mass is 10.0. The average molecular weight is 483 g/mol. The van der Waals surface area contributed by atoms with E-state index in [-0.39, 0.29) is 18.5 Å². The monoisotopic (exact) mass is 482 g/mol. The number of rotatable bonds is 27. The molecule has 0 heterocycles. The van der Waals surface area contributed by atoms with E-state index in [4.69, 9.17) is 9.84 Å². The maximum atomic E-state index is 12.3. The van der Waals surface area contributed by atoms with Crippen LogP contribution in [0.5, 0.6) is 0 Å². The lowest BCUT2D eigenvalue weighted by molar-refractivity contribution is -0.151. The highest BCUT2D eigenvalue weighted by molar-refractivity contribution is 5.69. The molecule has 1 unspecified atom stereocenters. The van der Waals surface area contributed by atoms with Crippen molar-refractivity contribution in [1.29, 1.82) is 0 Å². The van der Waals surface area contributed by atoms with Gasteiger partial charge in [-0.05, 0) is 25.7 Å². The summed E-state index contributed by atoms with van der Waals surface area (Å²) < 4.78 is 5.67. The molecule has 1 N–H and O–H groups in total. The Labute approximate surface area is 212 Å². The topological polar surface area (TPSA) is 63.6 Å². The summed E-state index contributed by atoms with van der Waals surface area (Å²) in [7, 11) is 0. The Morgan fingerprint density at radius 3 is 1.32 bits per heavy atom. The van der Waals surface area contributed by atoms with Crippen LogP contribution in [0.25, 0.3) is 0 Å². The summed E-state index contributed by atoms with van der Waals surface area (Å²) in [4.78, 5) is 23.2. The number of hydrogen-bond donors (Lipinski definition) is 1. The first-order valence-corrected chi connectivity index (χ1v) is 15.0. The van der Waals surface area contributed by atoms with Crippen LogP contribution in [0.15, 0.2) is 0 Å². The Morgan fingerprint density at radius 1 is 0.529 bits per heavy atom. The third-order valence-corrected chi connectivity index (χ3v) is 6.84. The van der Waals surface area contributed by atoms with E-state index in [1.807, 2.05) is 0 Å². The molecule has 0 saturated carbocycles. The maximum Gasteiger partial charge on any atom is 0.306 e. The SMILES string of the molecule is CCCCCCCCCCCCCCC(CCC(=O)O)OC(=O)CCCCCCCCCCC. The van der Waals surface area contributed by atoms with Crippen molar-refractivity contribution in [3.63, 3.8) is 0 Å². The Hall–Kier alpha value is -1.06. The highest BCUT2D eigenvalue weighted by Gasteiger charge is 2.15. The van der Waals surface area contributed by atoms with E-state index in [0.29, 0.717) is 12.8 Å². The van der Waals surface area contributed by atoms with E-state index in [0.717, 1.165) is 32.1 Å². The van der Waals surface area contributed by atoms with Gasteiger partial charge >= 0.3 is 11.9 Å². The molecule has 0 rings (SSSR count). The van der Waals surface area contributed by atoms with Gasteiger partial charge in [0.2, 0.25) is 0 Å². The molecule has 0 fully saturated rings. The van der Waals surface area contributed by atoms with Crippen LogP contribution < -0.4 is 0 Å². The number of unbranched alkanes of at least 4 members (excludes halogenated alkanes) is 19. The fraction of sp³-hybridized carbons (Fsp3) is 0.933. The van der Waals surface area contributed by atoms with Crippen molar-refractivity contribution >= 4 is 11.9 Å². The molecule has 0 aromatic carbocycles. The zero-order valence-corrected chi connectivity index (χ0v) is 22.9. The Kier molecular flexibility index (Phi) is 25.7. The third kappa shape index (κ3) is 25.6. The van der Waals surface area contributed by atoms with E-state index in [1.54, 1.807) is 0 Å². The largest absolute Gasteiger partial charge is 0.481 e. The number of carboxylic acid groups (broad SMARTS) is 1.